The molecular weight excluding hydrogens is 499 g/mol. The zero-order chi connectivity index (χ0) is 10.2. The van der Waals surface area contributed by atoms with Gasteiger partial charge in [0.05, 0.1) is 0 Å². The molecule has 2 heterocycles. The number of rotatable bonds is 0. The molecule has 2 aliphatic rings. The van der Waals surface area contributed by atoms with Crippen molar-refractivity contribution < 1.29 is 0 Å². The van der Waals surface area contributed by atoms with E-state index in [1.54, 1.807) is 6.62 Å². The fourth-order valence-electron chi connectivity index (χ4n) is 2.29. The maximum absolute atomic E-state index is 3.85. The summed E-state index contributed by atoms with van der Waals surface area (Å²) in [5.74, 6) is 0. The number of hydrogen-bond acceptors (Lipinski definition) is 0. The molecule has 2 aliphatic heterocycles. The minimum absolute atomic E-state index is 0.610. The van der Waals surface area contributed by atoms with Crippen LogP contribution in [0.25, 0.3) is 0 Å². The van der Waals surface area contributed by atoms with Crippen LogP contribution < -0.4 is 0 Å². The molecule has 0 aromatic carbocycles. The Hall–Kier alpha value is 1.98. The fraction of sp³-hybridized carbons (Fsp3) is 0.556. The topological polar surface area (TPSA) is 0 Å². The molecule has 0 saturated carbocycles. The first-order valence-corrected chi connectivity index (χ1v) is 14.0. The molecule has 0 atom stereocenters. The number of halogens is 3. The predicted octanol–water partition coefficient (Wildman–Crippen LogP) is 4.61. The van der Waals surface area contributed by atoms with Crippen molar-refractivity contribution in [1.29, 1.82) is 0 Å². The molecule has 0 amide bonds. The van der Waals surface area contributed by atoms with Gasteiger partial charge in [0, 0.05) is 0 Å². The van der Waals surface area contributed by atoms with E-state index in [0.29, 0.717) is 15.0 Å². The Labute approximate surface area is 119 Å². The van der Waals surface area contributed by atoms with Crippen LogP contribution in [-0.2, 0) is 0 Å². The average molecular weight is 510 g/mol. The van der Waals surface area contributed by atoms with Crippen molar-refractivity contribution in [3.63, 3.8) is 0 Å². The summed E-state index contributed by atoms with van der Waals surface area (Å²) in [5, 5.41) is 3.02. The first-order chi connectivity index (χ1) is 6.67. The van der Waals surface area contributed by atoms with Gasteiger partial charge in [0.1, 0.15) is 0 Å². The zero-order valence-electron chi connectivity index (χ0n) is 7.66. The summed E-state index contributed by atoms with van der Waals surface area (Å²) in [4.78, 5) is 2.47. The third kappa shape index (κ3) is 2.17. The van der Waals surface area contributed by atoms with Crippen molar-refractivity contribution >= 4 is 76.0 Å². The first-order valence-electron chi connectivity index (χ1n) is 4.75. The second-order valence-electron chi connectivity index (χ2n) is 3.82. The molecule has 0 aromatic rings. The van der Waals surface area contributed by atoms with E-state index >= 15 is 0 Å². The van der Waals surface area contributed by atoms with Crippen LogP contribution in [-0.4, -0.2) is 28.2 Å². The summed E-state index contributed by atoms with van der Waals surface area (Å²) in [6.07, 6.45) is 4.36. The predicted molar refractivity (Wildman–Crippen MR) is 76.9 cm³/mol. The molecule has 0 N–H and O–H groups in total. The van der Waals surface area contributed by atoms with Gasteiger partial charge >= 0.3 is 121 Å². The van der Waals surface area contributed by atoms with E-state index in [4.69, 9.17) is 0 Å². The molecule has 1 saturated heterocycles. The maximum atomic E-state index is 3.85. The Morgan fingerprint density at radius 2 is 1.86 bits per heavy atom. The van der Waals surface area contributed by atoms with Gasteiger partial charge < -0.3 is 0 Å². The Bertz CT molecular complexity index is 301. The summed E-state index contributed by atoms with van der Waals surface area (Å²) in [6, 6.07) is 0. The third-order valence-electron chi connectivity index (χ3n) is 3.05. The van der Waals surface area contributed by atoms with E-state index in [0.717, 1.165) is 0 Å². The van der Waals surface area contributed by atoms with Crippen LogP contribution in [0.3, 0.4) is 0 Å². The molecule has 0 aliphatic carbocycles. The van der Waals surface area contributed by atoms with Gasteiger partial charge in [-0.05, 0) is 0 Å². The molecule has 0 bridgehead atoms. The molecule has 0 radical (unpaired) electrons. The SMILES string of the molecule is Br[C]1=C[Se][C](=C(Br)Br)[Ge]12[CH2]CCC[CH2]2. The van der Waals surface area contributed by atoms with Gasteiger partial charge in [0.15, 0.2) is 0 Å². The molecule has 0 aromatic heterocycles. The molecule has 78 valence electrons. The van der Waals surface area contributed by atoms with Gasteiger partial charge in [-0.15, -0.1) is 0 Å². The Kier molecular flexibility index (Phi) is 4.53. The molecule has 2 rings (SSSR count). The number of hydrogen-bond donors (Lipinski definition) is 0. The van der Waals surface area contributed by atoms with Crippen molar-refractivity contribution in [2.24, 2.45) is 0 Å². The molecule has 0 nitrogen and oxygen atoms in total. The molecule has 1 spiro atoms. The Balaban J connectivity index is 2.37. The molecule has 5 heteroatoms. The van der Waals surface area contributed by atoms with Crippen LogP contribution in [0.4, 0.5) is 0 Å². The van der Waals surface area contributed by atoms with E-state index in [-0.39, 0.29) is 0 Å². The fourth-order valence-corrected chi connectivity index (χ4v) is 30.8. The van der Waals surface area contributed by atoms with E-state index in [1.807, 2.05) is 0 Å². The first kappa shape index (κ1) is 12.4. The van der Waals surface area contributed by atoms with Crippen LogP contribution >= 0.6 is 47.8 Å². The molecule has 14 heavy (non-hydrogen) atoms. The van der Waals surface area contributed by atoms with Crippen LogP contribution in [0.1, 0.15) is 19.3 Å². The summed E-state index contributed by atoms with van der Waals surface area (Å²) in [5.41, 5.74) is 0. The Morgan fingerprint density at radius 1 is 1.21 bits per heavy atom. The van der Waals surface area contributed by atoms with Crippen LogP contribution in [0.5, 0.6) is 0 Å². The second kappa shape index (κ2) is 5.09. The minimum atomic E-state index is -1.78. The molecule has 0 unspecified atom stereocenters. The van der Waals surface area contributed by atoms with Gasteiger partial charge in [0.2, 0.25) is 0 Å². The normalized spacial score (nSPS) is 25.4. The summed E-state index contributed by atoms with van der Waals surface area (Å²) >= 11 is 9.97. The van der Waals surface area contributed by atoms with Crippen LogP contribution in [0.2, 0.25) is 10.5 Å². The Morgan fingerprint density at radius 3 is 2.43 bits per heavy atom. The van der Waals surface area contributed by atoms with Crippen molar-refractivity contribution in [1.82, 2.24) is 0 Å². The van der Waals surface area contributed by atoms with Crippen molar-refractivity contribution in [3.8, 4) is 0 Å². The van der Waals surface area contributed by atoms with Gasteiger partial charge in [0.25, 0.3) is 0 Å². The average Bonchev–Trinajstić information content (AvgIpc) is 2.46. The van der Waals surface area contributed by atoms with Crippen LogP contribution in [0.15, 0.2) is 15.0 Å². The van der Waals surface area contributed by atoms with Gasteiger partial charge in [-0.25, -0.2) is 0 Å². The van der Waals surface area contributed by atoms with Gasteiger partial charge in [-0.2, -0.15) is 0 Å². The summed E-state index contributed by atoms with van der Waals surface area (Å²) < 4.78 is 4.69. The van der Waals surface area contributed by atoms with Gasteiger partial charge in [-0.1, -0.05) is 0 Å². The van der Waals surface area contributed by atoms with Crippen LogP contribution in [0, 0.1) is 0 Å². The summed E-state index contributed by atoms with van der Waals surface area (Å²) in [6.45, 7) is 0. The quantitative estimate of drug-likeness (QED) is 0.418. The molecular formula is C9H11Br3GeSe. The van der Waals surface area contributed by atoms with E-state index in [2.05, 4.69) is 52.8 Å². The monoisotopic (exact) mass is 510 g/mol. The van der Waals surface area contributed by atoms with E-state index in [9.17, 15) is 0 Å². The van der Waals surface area contributed by atoms with Crippen molar-refractivity contribution in [3.05, 3.63) is 15.0 Å². The van der Waals surface area contributed by atoms with Crippen molar-refractivity contribution in [2.45, 2.75) is 29.8 Å². The summed E-state index contributed by atoms with van der Waals surface area (Å²) in [7, 11) is 0. The van der Waals surface area contributed by atoms with E-state index in [1.165, 1.54) is 33.2 Å². The molecule has 1 fully saturated rings. The second-order valence-corrected chi connectivity index (χ2v) is 21.2. The van der Waals surface area contributed by atoms with Gasteiger partial charge in [-0.3, -0.25) is 0 Å². The zero-order valence-corrected chi connectivity index (χ0v) is 16.2. The third-order valence-corrected chi connectivity index (χ3v) is 29.2. The van der Waals surface area contributed by atoms with Crippen molar-refractivity contribution in [2.75, 3.05) is 0 Å². The van der Waals surface area contributed by atoms with E-state index < -0.39 is 13.3 Å². The standard InChI is InChI=1S/C9H11Br3GeSe/c10-7-6-14-9(8(11)12)13(7)4-2-1-3-5-13/h6H,1-5H2.